The topological polar surface area (TPSA) is 17.1 Å². The molecule has 0 spiro atoms. The number of rotatable bonds is 3. The van der Waals surface area contributed by atoms with Gasteiger partial charge >= 0.3 is 0 Å². The van der Waals surface area contributed by atoms with E-state index in [0.717, 1.165) is 21.2 Å². The van der Waals surface area contributed by atoms with Crippen LogP contribution in [0.3, 0.4) is 0 Å². The molecule has 0 saturated carbocycles. The number of carbonyl (C=O) groups excluding carboxylic acids is 1. The molecule has 0 aliphatic carbocycles. The van der Waals surface area contributed by atoms with E-state index in [2.05, 4.69) is 33.4 Å². The standard InChI is InChI=1S/C17H13BrOS/c1-11-5-4-7-14(17(11)18)15(19)9-12-10-20-16-8-3-2-6-13(12)16/h2-8,10H,9H2,1H3. The molecule has 3 heteroatoms. The second-order valence-corrected chi connectivity index (χ2v) is 6.50. The minimum absolute atomic E-state index is 0.157. The van der Waals surface area contributed by atoms with Gasteiger partial charge < -0.3 is 0 Å². The van der Waals surface area contributed by atoms with Gasteiger partial charge in [0.15, 0.2) is 5.78 Å². The Morgan fingerprint density at radius 3 is 2.80 bits per heavy atom. The molecule has 1 heterocycles. The minimum Gasteiger partial charge on any atom is -0.294 e. The number of thiophene rings is 1. The summed E-state index contributed by atoms with van der Waals surface area (Å²) in [6, 6.07) is 14.0. The normalized spacial score (nSPS) is 10.9. The zero-order chi connectivity index (χ0) is 14.1. The summed E-state index contributed by atoms with van der Waals surface area (Å²) < 4.78 is 2.14. The fourth-order valence-electron chi connectivity index (χ4n) is 2.30. The van der Waals surface area contributed by atoms with Crippen LogP contribution in [0.5, 0.6) is 0 Å². The number of Topliss-reactive ketones (excluding diaryl/α,β-unsaturated/α-hetero) is 1. The van der Waals surface area contributed by atoms with E-state index in [1.807, 2.05) is 37.3 Å². The molecule has 2 aromatic carbocycles. The molecule has 1 aromatic heterocycles. The molecule has 0 radical (unpaired) electrons. The third kappa shape index (κ3) is 2.43. The molecule has 0 aliphatic heterocycles. The smallest absolute Gasteiger partial charge is 0.168 e. The average molecular weight is 345 g/mol. The van der Waals surface area contributed by atoms with Crippen molar-refractivity contribution >= 4 is 43.1 Å². The number of ketones is 1. The van der Waals surface area contributed by atoms with Crippen LogP contribution in [0, 0.1) is 6.92 Å². The number of aryl methyl sites for hydroxylation is 1. The molecule has 0 atom stereocenters. The van der Waals surface area contributed by atoms with Crippen molar-refractivity contribution < 1.29 is 4.79 Å². The number of benzene rings is 2. The van der Waals surface area contributed by atoms with Crippen molar-refractivity contribution in [3.05, 3.63) is 69.0 Å². The largest absolute Gasteiger partial charge is 0.294 e. The van der Waals surface area contributed by atoms with Crippen LogP contribution in [-0.4, -0.2) is 5.78 Å². The summed E-state index contributed by atoms with van der Waals surface area (Å²) in [5.41, 5.74) is 2.97. The minimum atomic E-state index is 0.157. The maximum atomic E-state index is 12.5. The van der Waals surface area contributed by atoms with Crippen LogP contribution in [0.1, 0.15) is 21.5 Å². The molecule has 0 unspecified atom stereocenters. The lowest BCUT2D eigenvalue weighted by molar-refractivity contribution is 0.0992. The van der Waals surface area contributed by atoms with E-state index in [-0.39, 0.29) is 5.78 Å². The predicted molar refractivity (Wildman–Crippen MR) is 88.7 cm³/mol. The number of hydrogen-bond donors (Lipinski definition) is 0. The average Bonchev–Trinajstić information content (AvgIpc) is 2.85. The Kier molecular flexibility index (Phi) is 3.72. The lowest BCUT2D eigenvalue weighted by atomic mass is 10.0. The number of hydrogen-bond acceptors (Lipinski definition) is 2. The Morgan fingerprint density at radius 1 is 1.15 bits per heavy atom. The number of halogens is 1. The third-order valence-corrected chi connectivity index (χ3v) is 5.47. The molecule has 0 N–H and O–H groups in total. The molecular formula is C17H13BrOS. The fraction of sp³-hybridized carbons (Fsp3) is 0.118. The van der Waals surface area contributed by atoms with E-state index in [1.165, 1.54) is 10.1 Å². The van der Waals surface area contributed by atoms with Crippen molar-refractivity contribution in [3.63, 3.8) is 0 Å². The van der Waals surface area contributed by atoms with Crippen LogP contribution in [0.4, 0.5) is 0 Å². The molecule has 3 aromatic rings. The summed E-state index contributed by atoms with van der Waals surface area (Å²) in [6.45, 7) is 2.00. The molecule has 3 rings (SSSR count). The monoisotopic (exact) mass is 344 g/mol. The van der Waals surface area contributed by atoms with Gasteiger partial charge in [-0.25, -0.2) is 0 Å². The molecule has 20 heavy (non-hydrogen) atoms. The van der Waals surface area contributed by atoms with Gasteiger partial charge in [-0.3, -0.25) is 4.79 Å². The zero-order valence-electron chi connectivity index (χ0n) is 11.0. The first-order valence-electron chi connectivity index (χ1n) is 6.40. The number of carbonyl (C=O) groups is 1. The summed E-state index contributed by atoms with van der Waals surface area (Å²) in [5, 5.41) is 3.28. The van der Waals surface area contributed by atoms with Gasteiger partial charge in [-0.05, 0) is 50.8 Å². The molecule has 0 saturated heterocycles. The third-order valence-electron chi connectivity index (χ3n) is 3.40. The highest BCUT2D eigenvalue weighted by Gasteiger charge is 2.14. The summed E-state index contributed by atoms with van der Waals surface area (Å²) >= 11 is 5.21. The summed E-state index contributed by atoms with van der Waals surface area (Å²) in [4.78, 5) is 12.5. The van der Waals surface area contributed by atoms with Gasteiger partial charge in [-0.1, -0.05) is 36.4 Å². The molecule has 1 nitrogen and oxygen atoms in total. The quantitative estimate of drug-likeness (QED) is 0.581. The van der Waals surface area contributed by atoms with E-state index >= 15 is 0 Å². The second-order valence-electron chi connectivity index (χ2n) is 4.79. The van der Waals surface area contributed by atoms with Crippen molar-refractivity contribution in [3.8, 4) is 0 Å². The lowest BCUT2D eigenvalue weighted by Gasteiger charge is -2.06. The lowest BCUT2D eigenvalue weighted by Crippen LogP contribution is -2.04. The van der Waals surface area contributed by atoms with Crippen LogP contribution in [-0.2, 0) is 6.42 Å². The van der Waals surface area contributed by atoms with Gasteiger partial charge in [0.1, 0.15) is 0 Å². The predicted octanol–water partition coefficient (Wildman–Crippen LogP) is 5.40. The van der Waals surface area contributed by atoms with Crippen LogP contribution >= 0.6 is 27.3 Å². The van der Waals surface area contributed by atoms with Crippen LogP contribution in [0.2, 0.25) is 0 Å². The zero-order valence-corrected chi connectivity index (χ0v) is 13.4. The van der Waals surface area contributed by atoms with Gasteiger partial charge in [0, 0.05) is 21.2 Å². The first-order valence-corrected chi connectivity index (χ1v) is 8.07. The van der Waals surface area contributed by atoms with Crippen molar-refractivity contribution in [1.82, 2.24) is 0 Å². The number of fused-ring (bicyclic) bond motifs is 1. The Bertz CT molecular complexity index is 789. The summed E-state index contributed by atoms with van der Waals surface area (Å²) in [7, 11) is 0. The fourth-order valence-corrected chi connectivity index (χ4v) is 3.75. The highest BCUT2D eigenvalue weighted by atomic mass is 79.9. The van der Waals surface area contributed by atoms with Crippen molar-refractivity contribution in [2.75, 3.05) is 0 Å². The van der Waals surface area contributed by atoms with Gasteiger partial charge in [-0.15, -0.1) is 11.3 Å². The van der Waals surface area contributed by atoms with Gasteiger partial charge in [0.25, 0.3) is 0 Å². The van der Waals surface area contributed by atoms with E-state index in [4.69, 9.17) is 0 Å². The molecule has 0 aliphatic rings. The van der Waals surface area contributed by atoms with E-state index in [0.29, 0.717) is 6.42 Å². The van der Waals surface area contributed by atoms with Crippen LogP contribution < -0.4 is 0 Å². The van der Waals surface area contributed by atoms with Gasteiger partial charge in [0.2, 0.25) is 0 Å². The van der Waals surface area contributed by atoms with Crippen molar-refractivity contribution in [2.24, 2.45) is 0 Å². The van der Waals surface area contributed by atoms with Gasteiger partial charge in [-0.2, -0.15) is 0 Å². The maximum Gasteiger partial charge on any atom is 0.168 e. The van der Waals surface area contributed by atoms with E-state index < -0.39 is 0 Å². The molecule has 0 amide bonds. The van der Waals surface area contributed by atoms with Crippen LogP contribution in [0.25, 0.3) is 10.1 Å². The SMILES string of the molecule is Cc1cccc(C(=O)Cc2csc3ccccc23)c1Br. The molecule has 0 bridgehead atoms. The second kappa shape index (κ2) is 5.51. The highest BCUT2D eigenvalue weighted by Crippen LogP contribution is 2.28. The van der Waals surface area contributed by atoms with Gasteiger partial charge in [0.05, 0.1) is 0 Å². The van der Waals surface area contributed by atoms with Crippen molar-refractivity contribution in [2.45, 2.75) is 13.3 Å². The molecule has 0 fully saturated rings. The first-order chi connectivity index (χ1) is 9.66. The Morgan fingerprint density at radius 2 is 1.95 bits per heavy atom. The highest BCUT2D eigenvalue weighted by molar-refractivity contribution is 9.10. The maximum absolute atomic E-state index is 12.5. The molecular weight excluding hydrogens is 332 g/mol. The van der Waals surface area contributed by atoms with E-state index in [9.17, 15) is 4.79 Å². The summed E-state index contributed by atoms with van der Waals surface area (Å²) in [6.07, 6.45) is 0.450. The molecule has 100 valence electrons. The Labute approximate surface area is 130 Å². The Balaban J connectivity index is 1.95. The van der Waals surface area contributed by atoms with Crippen LogP contribution in [0.15, 0.2) is 52.3 Å². The first kappa shape index (κ1) is 13.5. The Hall–Kier alpha value is -1.45. The van der Waals surface area contributed by atoms with E-state index in [1.54, 1.807) is 11.3 Å². The van der Waals surface area contributed by atoms with Crippen molar-refractivity contribution in [1.29, 1.82) is 0 Å². The summed E-state index contributed by atoms with van der Waals surface area (Å²) in [5.74, 6) is 0.157.